The summed E-state index contributed by atoms with van der Waals surface area (Å²) in [4.78, 5) is 0.364. The molecule has 3 heteroatoms. The first-order valence-electron chi connectivity index (χ1n) is 4.66. The van der Waals surface area contributed by atoms with E-state index in [9.17, 15) is 0 Å². The normalized spacial score (nSPS) is 10.1. The van der Waals surface area contributed by atoms with Gasteiger partial charge in [-0.25, -0.2) is 0 Å². The molecule has 0 saturated heterocycles. The van der Waals surface area contributed by atoms with Crippen LogP contribution < -0.4 is 10.5 Å². The van der Waals surface area contributed by atoms with Gasteiger partial charge in [-0.05, 0) is 11.5 Å². The summed E-state index contributed by atoms with van der Waals surface area (Å²) >= 11 is 4.77. The molecule has 0 bridgehead atoms. The highest BCUT2D eigenvalue weighted by Gasteiger charge is 2.00. The molecular formula is C12H11NOS. The van der Waals surface area contributed by atoms with Crippen LogP contribution >= 0.6 is 12.2 Å². The van der Waals surface area contributed by atoms with E-state index in [-0.39, 0.29) is 6.61 Å². The summed E-state index contributed by atoms with van der Waals surface area (Å²) in [5.74, 6) is 0.820. The van der Waals surface area contributed by atoms with E-state index in [2.05, 4.69) is 0 Å². The van der Waals surface area contributed by atoms with Crippen molar-refractivity contribution in [2.75, 3.05) is 6.61 Å². The molecule has 2 nitrogen and oxygen atoms in total. The number of hydrogen-bond acceptors (Lipinski definition) is 2. The quantitative estimate of drug-likeness (QED) is 0.802. The van der Waals surface area contributed by atoms with E-state index in [0.29, 0.717) is 4.99 Å². The van der Waals surface area contributed by atoms with Crippen molar-refractivity contribution in [1.82, 2.24) is 0 Å². The van der Waals surface area contributed by atoms with Crippen molar-refractivity contribution in [2.45, 2.75) is 0 Å². The van der Waals surface area contributed by atoms with Gasteiger partial charge in [0, 0.05) is 5.39 Å². The first kappa shape index (κ1) is 9.93. The first-order chi connectivity index (χ1) is 7.27. The number of fused-ring (bicyclic) bond motifs is 1. The molecule has 0 radical (unpaired) electrons. The average Bonchev–Trinajstić information content (AvgIpc) is 2.26. The van der Waals surface area contributed by atoms with Crippen LogP contribution in [0.2, 0.25) is 0 Å². The highest BCUT2D eigenvalue weighted by molar-refractivity contribution is 7.80. The van der Waals surface area contributed by atoms with Crippen LogP contribution in [0.5, 0.6) is 5.75 Å². The lowest BCUT2D eigenvalue weighted by Gasteiger charge is -2.07. The largest absolute Gasteiger partial charge is 0.486 e. The third-order valence-corrected chi connectivity index (χ3v) is 2.24. The maximum Gasteiger partial charge on any atom is 0.138 e. The van der Waals surface area contributed by atoms with Gasteiger partial charge in [-0.2, -0.15) is 0 Å². The molecule has 0 aliphatic carbocycles. The Kier molecular flexibility index (Phi) is 2.83. The molecule has 0 aliphatic heterocycles. The van der Waals surface area contributed by atoms with Crippen molar-refractivity contribution >= 4 is 28.0 Å². The highest BCUT2D eigenvalue weighted by Crippen LogP contribution is 2.24. The van der Waals surface area contributed by atoms with Gasteiger partial charge in [-0.3, -0.25) is 0 Å². The van der Waals surface area contributed by atoms with Gasteiger partial charge in [0.15, 0.2) is 0 Å². The highest BCUT2D eigenvalue weighted by atomic mass is 32.1. The summed E-state index contributed by atoms with van der Waals surface area (Å²) < 4.78 is 5.51. The van der Waals surface area contributed by atoms with E-state index >= 15 is 0 Å². The van der Waals surface area contributed by atoms with E-state index in [1.54, 1.807) is 0 Å². The van der Waals surface area contributed by atoms with Gasteiger partial charge < -0.3 is 10.5 Å². The maximum absolute atomic E-state index is 5.51. The summed E-state index contributed by atoms with van der Waals surface area (Å²) in [6, 6.07) is 14.0. The predicted molar refractivity (Wildman–Crippen MR) is 66.2 cm³/mol. The fraction of sp³-hybridized carbons (Fsp3) is 0.0833. The van der Waals surface area contributed by atoms with Crippen LogP contribution in [0, 0.1) is 0 Å². The molecule has 2 aromatic rings. The van der Waals surface area contributed by atoms with Gasteiger partial charge >= 0.3 is 0 Å². The standard InChI is InChI=1S/C12H11NOS/c13-12(15)8-14-11-7-3-5-9-4-1-2-6-10(9)11/h1-7H,8H2,(H2,13,15). The summed E-state index contributed by atoms with van der Waals surface area (Å²) in [6.07, 6.45) is 0. The van der Waals surface area contributed by atoms with Crippen molar-refractivity contribution in [1.29, 1.82) is 0 Å². The third-order valence-electron chi connectivity index (χ3n) is 2.12. The van der Waals surface area contributed by atoms with Gasteiger partial charge in [0.2, 0.25) is 0 Å². The minimum atomic E-state index is 0.281. The van der Waals surface area contributed by atoms with Crippen molar-refractivity contribution in [3.05, 3.63) is 42.5 Å². The predicted octanol–water partition coefficient (Wildman–Crippen LogP) is 2.50. The molecule has 15 heavy (non-hydrogen) atoms. The van der Waals surface area contributed by atoms with E-state index in [1.807, 2.05) is 42.5 Å². The van der Waals surface area contributed by atoms with Gasteiger partial charge in [-0.1, -0.05) is 48.6 Å². The minimum Gasteiger partial charge on any atom is -0.486 e. The zero-order valence-corrected chi connectivity index (χ0v) is 8.96. The minimum absolute atomic E-state index is 0.281. The van der Waals surface area contributed by atoms with Crippen LogP contribution in [0.1, 0.15) is 0 Å². The lowest BCUT2D eigenvalue weighted by molar-refractivity contribution is 0.382. The fourth-order valence-electron chi connectivity index (χ4n) is 1.47. The Labute approximate surface area is 93.7 Å². The number of rotatable bonds is 3. The van der Waals surface area contributed by atoms with Gasteiger partial charge in [-0.15, -0.1) is 0 Å². The molecule has 0 atom stereocenters. The van der Waals surface area contributed by atoms with Crippen molar-refractivity contribution in [2.24, 2.45) is 5.73 Å². The lowest BCUT2D eigenvalue weighted by atomic mass is 10.1. The second-order valence-corrected chi connectivity index (χ2v) is 3.76. The Hall–Kier alpha value is -1.61. The van der Waals surface area contributed by atoms with Gasteiger partial charge in [0.25, 0.3) is 0 Å². The maximum atomic E-state index is 5.51. The zero-order valence-electron chi connectivity index (χ0n) is 8.14. The Balaban J connectivity index is 2.38. The number of ether oxygens (including phenoxy) is 1. The monoisotopic (exact) mass is 217 g/mol. The molecule has 2 N–H and O–H groups in total. The Morgan fingerprint density at radius 1 is 1.13 bits per heavy atom. The molecule has 0 heterocycles. The molecule has 0 aromatic heterocycles. The van der Waals surface area contributed by atoms with Crippen LogP contribution in [-0.2, 0) is 0 Å². The van der Waals surface area contributed by atoms with Crippen LogP contribution in [0.3, 0.4) is 0 Å². The second-order valence-electron chi connectivity index (χ2n) is 3.23. The van der Waals surface area contributed by atoms with E-state index < -0.39 is 0 Å². The van der Waals surface area contributed by atoms with Gasteiger partial charge in [0.1, 0.15) is 17.3 Å². The summed E-state index contributed by atoms with van der Waals surface area (Å²) in [7, 11) is 0. The van der Waals surface area contributed by atoms with E-state index in [1.165, 1.54) is 0 Å². The van der Waals surface area contributed by atoms with Crippen LogP contribution in [0.15, 0.2) is 42.5 Å². The molecule has 0 fully saturated rings. The fourth-order valence-corrected chi connectivity index (χ4v) is 1.53. The van der Waals surface area contributed by atoms with Crippen LogP contribution in [0.25, 0.3) is 10.8 Å². The molecule has 0 aliphatic rings. The first-order valence-corrected chi connectivity index (χ1v) is 5.07. The molecule has 2 rings (SSSR count). The SMILES string of the molecule is NC(=S)COc1cccc2ccccc12. The van der Waals surface area contributed by atoms with Crippen molar-refractivity contribution in [3.63, 3.8) is 0 Å². The molecule has 0 saturated carbocycles. The zero-order chi connectivity index (χ0) is 10.7. The third kappa shape index (κ3) is 2.25. The lowest BCUT2D eigenvalue weighted by Crippen LogP contribution is -2.17. The van der Waals surface area contributed by atoms with Crippen molar-refractivity contribution in [3.8, 4) is 5.75 Å². The molecule has 0 spiro atoms. The summed E-state index contributed by atoms with van der Waals surface area (Å²) in [5, 5.41) is 2.23. The number of hydrogen-bond donors (Lipinski definition) is 1. The molecule has 76 valence electrons. The van der Waals surface area contributed by atoms with E-state index in [0.717, 1.165) is 16.5 Å². The number of thiocarbonyl (C=S) groups is 1. The Morgan fingerprint density at radius 3 is 2.67 bits per heavy atom. The smallest absolute Gasteiger partial charge is 0.138 e. The van der Waals surface area contributed by atoms with Gasteiger partial charge in [0.05, 0.1) is 0 Å². The Bertz CT molecular complexity index is 490. The molecule has 2 aromatic carbocycles. The van der Waals surface area contributed by atoms with E-state index in [4.69, 9.17) is 22.7 Å². The summed E-state index contributed by atoms with van der Waals surface area (Å²) in [5.41, 5.74) is 5.39. The molecular weight excluding hydrogens is 206 g/mol. The average molecular weight is 217 g/mol. The molecule has 0 unspecified atom stereocenters. The second kappa shape index (κ2) is 4.28. The molecule has 0 amide bonds. The number of nitrogens with two attached hydrogens (primary N) is 1. The van der Waals surface area contributed by atoms with Crippen LogP contribution in [-0.4, -0.2) is 11.6 Å². The topological polar surface area (TPSA) is 35.2 Å². The van der Waals surface area contributed by atoms with Crippen molar-refractivity contribution < 1.29 is 4.74 Å². The summed E-state index contributed by atoms with van der Waals surface area (Å²) in [6.45, 7) is 0.281. The number of benzene rings is 2. The van der Waals surface area contributed by atoms with Crippen LogP contribution in [0.4, 0.5) is 0 Å². The Morgan fingerprint density at radius 2 is 1.87 bits per heavy atom.